The molecule has 0 aliphatic carbocycles. The summed E-state index contributed by atoms with van der Waals surface area (Å²) in [6, 6.07) is 19.1. The van der Waals surface area contributed by atoms with Crippen molar-refractivity contribution in [2.24, 2.45) is 0 Å². The molecule has 0 spiro atoms. The smallest absolute Gasteiger partial charge is 0.342 e. The molecule has 0 unspecified atom stereocenters. The summed E-state index contributed by atoms with van der Waals surface area (Å²) in [6.45, 7) is 1.68. The largest absolute Gasteiger partial charge is 0.496 e. The predicted octanol–water partition coefficient (Wildman–Crippen LogP) is 3.98. The quantitative estimate of drug-likeness (QED) is 0.647. The highest BCUT2D eigenvalue weighted by Crippen LogP contribution is 2.32. The fourth-order valence-electron chi connectivity index (χ4n) is 3.77. The van der Waals surface area contributed by atoms with E-state index in [0.717, 1.165) is 28.4 Å². The molecule has 4 rings (SSSR count). The summed E-state index contributed by atoms with van der Waals surface area (Å²) in [5.74, 6) is -0.377. The number of esters is 1. The van der Waals surface area contributed by atoms with Crippen molar-refractivity contribution in [3.05, 3.63) is 71.8 Å². The summed E-state index contributed by atoms with van der Waals surface area (Å²) in [5, 5.41) is 1.87. The van der Waals surface area contributed by atoms with Crippen LogP contribution in [0, 0.1) is 0 Å². The lowest BCUT2D eigenvalue weighted by atomic mass is 10.1. The molecule has 0 saturated heterocycles. The van der Waals surface area contributed by atoms with Gasteiger partial charge in [-0.3, -0.25) is 4.79 Å². The highest BCUT2D eigenvalue weighted by atomic mass is 16.5. The number of rotatable bonds is 4. The number of hydrogen-bond acceptors (Lipinski definition) is 4. The fourth-order valence-corrected chi connectivity index (χ4v) is 3.77. The Hall–Kier alpha value is -3.34. The van der Waals surface area contributed by atoms with Gasteiger partial charge in [0, 0.05) is 11.7 Å². The van der Waals surface area contributed by atoms with Crippen molar-refractivity contribution >= 4 is 28.3 Å². The van der Waals surface area contributed by atoms with Crippen LogP contribution in [0.25, 0.3) is 10.8 Å². The Morgan fingerprint density at radius 1 is 1.04 bits per heavy atom. The summed E-state index contributed by atoms with van der Waals surface area (Å²) < 4.78 is 10.7. The average molecular weight is 375 g/mol. The number of para-hydroxylation sites is 1. The zero-order chi connectivity index (χ0) is 19.7. The zero-order valence-corrected chi connectivity index (χ0v) is 15.8. The fraction of sp³-hybridized carbons (Fsp3) is 0.217. The van der Waals surface area contributed by atoms with E-state index in [0.29, 0.717) is 11.3 Å². The van der Waals surface area contributed by atoms with Gasteiger partial charge in [0.1, 0.15) is 11.3 Å². The Labute approximate surface area is 163 Å². The molecule has 1 aliphatic rings. The summed E-state index contributed by atoms with van der Waals surface area (Å²) in [6.07, 6.45) is 0.800. The van der Waals surface area contributed by atoms with Crippen molar-refractivity contribution in [2.45, 2.75) is 19.4 Å². The summed E-state index contributed by atoms with van der Waals surface area (Å²) in [5.41, 5.74) is 2.33. The second-order valence-corrected chi connectivity index (χ2v) is 6.92. The van der Waals surface area contributed by atoms with Crippen LogP contribution in [-0.4, -0.2) is 31.6 Å². The SMILES string of the molecule is COc1cc2ccccc2cc1C(=O)OCC(=O)N1c2ccccc2C[C@H]1C. The van der Waals surface area contributed by atoms with Gasteiger partial charge in [0.05, 0.1) is 7.11 Å². The molecule has 1 aliphatic heterocycles. The monoisotopic (exact) mass is 375 g/mol. The molecule has 1 amide bonds. The Morgan fingerprint density at radius 3 is 2.46 bits per heavy atom. The molecule has 0 aromatic heterocycles. The van der Waals surface area contributed by atoms with Gasteiger partial charge in [0.2, 0.25) is 0 Å². The van der Waals surface area contributed by atoms with Gasteiger partial charge in [-0.05, 0) is 47.9 Å². The highest BCUT2D eigenvalue weighted by molar-refractivity contribution is 6.01. The topological polar surface area (TPSA) is 55.8 Å². The van der Waals surface area contributed by atoms with E-state index in [-0.39, 0.29) is 18.6 Å². The van der Waals surface area contributed by atoms with Crippen LogP contribution >= 0.6 is 0 Å². The Morgan fingerprint density at radius 2 is 1.71 bits per heavy atom. The molecule has 0 N–H and O–H groups in total. The van der Waals surface area contributed by atoms with Gasteiger partial charge in [-0.25, -0.2) is 4.79 Å². The van der Waals surface area contributed by atoms with Crippen LogP contribution in [0.15, 0.2) is 60.7 Å². The van der Waals surface area contributed by atoms with E-state index in [4.69, 9.17) is 9.47 Å². The molecule has 0 saturated carbocycles. The third-order valence-electron chi connectivity index (χ3n) is 5.09. The predicted molar refractivity (Wildman–Crippen MR) is 108 cm³/mol. The molecular weight excluding hydrogens is 354 g/mol. The van der Waals surface area contributed by atoms with Crippen LogP contribution in [0.5, 0.6) is 5.75 Å². The maximum atomic E-state index is 12.7. The number of carbonyl (C=O) groups excluding carboxylic acids is 2. The third-order valence-corrected chi connectivity index (χ3v) is 5.09. The van der Waals surface area contributed by atoms with Crippen molar-refractivity contribution in [3.63, 3.8) is 0 Å². The molecule has 1 heterocycles. The highest BCUT2D eigenvalue weighted by Gasteiger charge is 2.31. The lowest BCUT2D eigenvalue weighted by Gasteiger charge is -2.22. The van der Waals surface area contributed by atoms with Gasteiger partial charge < -0.3 is 14.4 Å². The number of ether oxygens (including phenoxy) is 2. The number of anilines is 1. The van der Waals surface area contributed by atoms with Crippen LogP contribution in [0.4, 0.5) is 5.69 Å². The summed E-state index contributed by atoms with van der Waals surface area (Å²) in [7, 11) is 1.51. The number of benzene rings is 3. The first-order chi connectivity index (χ1) is 13.6. The number of fused-ring (bicyclic) bond motifs is 2. The van der Waals surface area contributed by atoms with Crippen LogP contribution in [-0.2, 0) is 16.0 Å². The molecule has 0 fully saturated rings. The number of methoxy groups -OCH3 is 1. The lowest BCUT2D eigenvalue weighted by Crippen LogP contribution is -2.38. The van der Waals surface area contributed by atoms with E-state index in [9.17, 15) is 9.59 Å². The van der Waals surface area contributed by atoms with Crippen molar-refractivity contribution in [1.82, 2.24) is 0 Å². The minimum absolute atomic E-state index is 0.0406. The maximum absolute atomic E-state index is 12.7. The number of carbonyl (C=O) groups is 2. The molecule has 142 valence electrons. The molecule has 3 aromatic rings. The molecule has 28 heavy (non-hydrogen) atoms. The van der Waals surface area contributed by atoms with Crippen molar-refractivity contribution in [1.29, 1.82) is 0 Å². The standard InChI is InChI=1S/C23H21NO4/c1-15-11-18-9-5-6-10-20(18)24(15)22(25)14-28-23(26)19-12-16-7-3-4-8-17(16)13-21(19)27-2/h3-10,12-13,15H,11,14H2,1-2H3/t15-/m1/s1. The average Bonchev–Trinajstić information content (AvgIpc) is 3.06. The van der Waals surface area contributed by atoms with Crippen molar-refractivity contribution in [2.75, 3.05) is 18.6 Å². The van der Waals surface area contributed by atoms with E-state index < -0.39 is 5.97 Å². The van der Waals surface area contributed by atoms with Crippen molar-refractivity contribution < 1.29 is 19.1 Å². The van der Waals surface area contributed by atoms with Gasteiger partial charge in [0.25, 0.3) is 5.91 Å². The maximum Gasteiger partial charge on any atom is 0.342 e. The summed E-state index contributed by atoms with van der Waals surface area (Å²) >= 11 is 0. The van der Waals surface area contributed by atoms with Crippen molar-refractivity contribution in [3.8, 4) is 5.75 Å². The second kappa shape index (κ2) is 7.35. The van der Waals surface area contributed by atoms with Crippen LogP contribution in [0.3, 0.4) is 0 Å². The lowest BCUT2D eigenvalue weighted by molar-refractivity contribution is -0.122. The third kappa shape index (κ3) is 3.20. The number of amides is 1. The van der Waals surface area contributed by atoms with Gasteiger partial charge >= 0.3 is 5.97 Å². The minimum atomic E-state index is -0.573. The number of nitrogens with zero attached hydrogens (tertiary/aromatic N) is 1. The van der Waals surface area contributed by atoms with Gasteiger partial charge in [0.15, 0.2) is 6.61 Å². The van der Waals surface area contributed by atoms with E-state index >= 15 is 0 Å². The first kappa shape index (κ1) is 18.0. The Bertz CT molecular complexity index is 1060. The van der Waals surface area contributed by atoms with E-state index in [2.05, 4.69) is 0 Å². The summed E-state index contributed by atoms with van der Waals surface area (Å²) in [4.78, 5) is 27.1. The Balaban J connectivity index is 1.52. The molecule has 0 radical (unpaired) electrons. The normalized spacial score (nSPS) is 15.4. The van der Waals surface area contributed by atoms with Gasteiger partial charge in [-0.1, -0.05) is 42.5 Å². The number of hydrogen-bond donors (Lipinski definition) is 0. The van der Waals surface area contributed by atoms with Crippen LogP contribution in [0.2, 0.25) is 0 Å². The molecule has 3 aromatic carbocycles. The second-order valence-electron chi connectivity index (χ2n) is 6.92. The van der Waals surface area contributed by atoms with Crippen LogP contribution < -0.4 is 9.64 Å². The molecular formula is C23H21NO4. The van der Waals surface area contributed by atoms with Gasteiger partial charge in [-0.2, -0.15) is 0 Å². The molecule has 1 atom stereocenters. The first-order valence-electron chi connectivity index (χ1n) is 9.22. The van der Waals surface area contributed by atoms with Crippen LogP contribution in [0.1, 0.15) is 22.8 Å². The molecule has 0 bridgehead atoms. The Kier molecular flexibility index (Phi) is 4.74. The molecule has 5 nitrogen and oxygen atoms in total. The van der Waals surface area contributed by atoms with E-state index in [1.165, 1.54) is 7.11 Å². The zero-order valence-electron chi connectivity index (χ0n) is 15.8. The molecule has 5 heteroatoms. The first-order valence-corrected chi connectivity index (χ1v) is 9.22. The van der Waals surface area contributed by atoms with Gasteiger partial charge in [-0.15, -0.1) is 0 Å². The van der Waals surface area contributed by atoms with E-state index in [1.807, 2.05) is 55.5 Å². The minimum Gasteiger partial charge on any atom is -0.496 e. The van der Waals surface area contributed by atoms with E-state index in [1.54, 1.807) is 17.0 Å².